The van der Waals surface area contributed by atoms with E-state index < -0.39 is 0 Å². The van der Waals surface area contributed by atoms with Crippen LogP contribution in [0.25, 0.3) is 0 Å². The lowest BCUT2D eigenvalue weighted by atomic mass is 10.2. The fourth-order valence-corrected chi connectivity index (χ4v) is 3.52. The summed E-state index contributed by atoms with van der Waals surface area (Å²) in [6.45, 7) is 5.89. The van der Waals surface area contributed by atoms with Crippen LogP contribution in [0.4, 0.5) is 10.8 Å². The van der Waals surface area contributed by atoms with Gasteiger partial charge >= 0.3 is 0 Å². The summed E-state index contributed by atoms with van der Waals surface area (Å²) in [5, 5.41) is 14.8. The minimum atomic E-state index is -0.359. The molecule has 0 fully saturated rings. The SMILES string of the molecule is CCCCc1nnc(NC(=O)C(C)SCC(=O)Nc2ccc(C)cc2)s1. The van der Waals surface area contributed by atoms with E-state index in [0.717, 1.165) is 35.5 Å². The Hall–Kier alpha value is -1.93. The van der Waals surface area contributed by atoms with Crippen LogP contribution >= 0.6 is 23.1 Å². The summed E-state index contributed by atoms with van der Waals surface area (Å²) in [6, 6.07) is 7.60. The molecule has 1 aromatic heterocycles. The van der Waals surface area contributed by atoms with Gasteiger partial charge in [-0.25, -0.2) is 0 Å². The van der Waals surface area contributed by atoms with Gasteiger partial charge in [0.2, 0.25) is 16.9 Å². The van der Waals surface area contributed by atoms with Crippen LogP contribution in [0.1, 0.15) is 37.3 Å². The monoisotopic (exact) mass is 392 g/mol. The molecule has 2 amide bonds. The molecule has 8 heteroatoms. The van der Waals surface area contributed by atoms with E-state index in [1.807, 2.05) is 31.2 Å². The summed E-state index contributed by atoms with van der Waals surface area (Å²) < 4.78 is 0. The number of rotatable bonds is 9. The van der Waals surface area contributed by atoms with Gasteiger partial charge in [0, 0.05) is 12.1 Å². The van der Waals surface area contributed by atoms with E-state index in [1.165, 1.54) is 23.1 Å². The molecular weight excluding hydrogens is 368 g/mol. The van der Waals surface area contributed by atoms with Crippen molar-refractivity contribution in [1.82, 2.24) is 10.2 Å². The standard InChI is InChI=1S/C18H24N4O2S2/c1-4-5-6-16-21-22-18(26-16)20-17(24)13(3)25-11-15(23)19-14-9-7-12(2)8-10-14/h7-10,13H,4-6,11H2,1-3H3,(H,19,23)(H,20,22,24). The number of thioether (sulfide) groups is 1. The number of aryl methyl sites for hydroxylation is 2. The summed E-state index contributed by atoms with van der Waals surface area (Å²) in [5.74, 6) is -0.0899. The number of anilines is 2. The molecule has 140 valence electrons. The van der Waals surface area contributed by atoms with Crippen LogP contribution in [0.3, 0.4) is 0 Å². The van der Waals surface area contributed by atoms with E-state index in [9.17, 15) is 9.59 Å². The molecule has 0 radical (unpaired) electrons. The predicted octanol–water partition coefficient (Wildman–Crippen LogP) is 3.89. The van der Waals surface area contributed by atoms with Crippen molar-refractivity contribution in [2.45, 2.75) is 45.3 Å². The first-order valence-electron chi connectivity index (χ1n) is 8.59. The Kier molecular flexibility index (Phi) is 8.06. The van der Waals surface area contributed by atoms with Gasteiger partial charge in [0.25, 0.3) is 0 Å². The maximum Gasteiger partial charge on any atom is 0.239 e. The van der Waals surface area contributed by atoms with Crippen molar-refractivity contribution in [3.63, 3.8) is 0 Å². The number of hydrogen-bond donors (Lipinski definition) is 2. The highest BCUT2D eigenvalue weighted by Gasteiger charge is 2.17. The topological polar surface area (TPSA) is 84.0 Å². The highest BCUT2D eigenvalue weighted by atomic mass is 32.2. The van der Waals surface area contributed by atoms with Crippen LogP contribution in [0.5, 0.6) is 0 Å². The number of carbonyl (C=O) groups excluding carboxylic acids is 2. The number of nitrogens with one attached hydrogen (secondary N) is 2. The molecular formula is C18H24N4O2S2. The quantitative estimate of drug-likeness (QED) is 0.676. The van der Waals surface area contributed by atoms with Gasteiger partial charge in [-0.1, -0.05) is 42.4 Å². The Balaban J connectivity index is 1.74. The van der Waals surface area contributed by atoms with E-state index in [0.29, 0.717) is 5.13 Å². The zero-order chi connectivity index (χ0) is 18.9. The second-order valence-electron chi connectivity index (χ2n) is 5.96. The molecule has 0 aliphatic heterocycles. The molecule has 0 aliphatic rings. The maximum absolute atomic E-state index is 12.2. The molecule has 0 saturated carbocycles. The Labute approximate surface area is 162 Å². The molecule has 0 aliphatic carbocycles. The summed E-state index contributed by atoms with van der Waals surface area (Å²) in [4.78, 5) is 24.2. The largest absolute Gasteiger partial charge is 0.325 e. The normalized spacial score (nSPS) is 11.8. The molecule has 1 heterocycles. The first kappa shape index (κ1) is 20.4. The first-order chi connectivity index (χ1) is 12.5. The smallest absolute Gasteiger partial charge is 0.239 e. The van der Waals surface area contributed by atoms with Crippen LogP contribution in [-0.4, -0.2) is 33.0 Å². The Bertz CT molecular complexity index is 731. The highest BCUT2D eigenvalue weighted by molar-refractivity contribution is 8.01. The molecule has 1 unspecified atom stereocenters. The molecule has 0 spiro atoms. The van der Waals surface area contributed by atoms with Gasteiger partial charge < -0.3 is 5.32 Å². The Morgan fingerprint density at radius 3 is 2.62 bits per heavy atom. The molecule has 26 heavy (non-hydrogen) atoms. The number of unbranched alkanes of at least 4 members (excludes halogenated alkanes) is 1. The maximum atomic E-state index is 12.2. The fraction of sp³-hybridized carbons (Fsp3) is 0.444. The second kappa shape index (κ2) is 10.3. The summed E-state index contributed by atoms with van der Waals surface area (Å²) in [6.07, 6.45) is 3.04. The number of carbonyl (C=O) groups is 2. The zero-order valence-corrected chi connectivity index (χ0v) is 16.9. The van der Waals surface area contributed by atoms with Crippen molar-refractivity contribution in [3.05, 3.63) is 34.8 Å². The van der Waals surface area contributed by atoms with Crippen LogP contribution in [0.2, 0.25) is 0 Å². The van der Waals surface area contributed by atoms with Gasteiger partial charge in [0.15, 0.2) is 0 Å². The van der Waals surface area contributed by atoms with Crippen molar-refractivity contribution in [1.29, 1.82) is 0 Å². The van der Waals surface area contributed by atoms with E-state index in [4.69, 9.17) is 0 Å². The summed E-state index contributed by atoms with van der Waals surface area (Å²) >= 11 is 2.69. The minimum absolute atomic E-state index is 0.128. The van der Waals surface area contributed by atoms with Crippen molar-refractivity contribution >= 4 is 45.7 Å². The average Bonchev–Trinajstić information content (AvgIpc) is 3.07. The van der Waals surface area contributed by atoms with E-state index in [1.54, 1.807) is 6.92 Å². The number of nitrogens with zero attached hydrogens (tertiary/aromatic N) is 2. The molecule has 2 N–H and O–H groups in total. The summed E-state index contributed by atoms with van der Waals surface area (Å²) in [7, 11) is 0. The fourth-order valence-electron chi connectivity index (χ4n) is 2.05. The van der Waals surface area contributed by atoms with Crippen molar-refractivity contribution in [2.75, 3.05) is 16.4 Å². The van der Waals surface area contributed by atoms with Gasteiger partial charge in [-0.05, 0) is 32.4 Å². The zero-order valence-electron chi connectivity index (χ0n) is 15.2. The molecule has 0 bridgehead atoms. The van der Waals surface area contributed by atoms with Gasteiger partial charge in [-0.15, -0.1) is 22.0 Å². The lowest BCUT2D eigenvalue weighted by Crippen LogP contribution is -2.25. The average molecular weight is 393 g/mol. The van der Waals surface area contributed by atoms with E-state index in [-0.39, 0.29) is 22.8 Å². The molecule has 6 nitrogen and oxygen atoms in total. The summed E-state index contributed by atoms with van der Waals surface area (Å²) in [5.41, 5.74) is 1.89. The van der Waals surface area contributed by atoms with Crippen LogP contribution in [-0.2, 0) is 16.0 Å². The third-order valence-corrected chi connectivity index (χ3v) is 5.65. The van der Waals surface area contributed by atoms with Crippen molar-refractivity contribution in [3.8, 4) is 0 Å². The number of amides is 2. The number of hydrogen-bond acceptors (Lipinski definition) is 6. The number of benzene rings is 1. The third-order valence-electron chi connectivity index (χ3n) is 3.61. The first-order valence-corrected chi connectivity index (χ1v) is 10.5. The van der Waals surface area contributed by atoms with Gasteiger partial charge in [0.1, 0.15) is 5.01 Å². The Morgan fingerprint density at radius 2 is 1.92 bits per heavy atom. The van der Waals surface area contributed by atoms with Crippen LogP contribution in [0.15, 0.2) is 24.3 Å². The van der Waals surface area contributed by atoms with E-state index in [2.05, 4.69) is 27.8 Å². The molecule has 1 aromatic carbocycles. The van der Waals surface area contributed by atoms with Gasteiger partial charge in [-0.2, -0.15) is 0 Å². The van der Waals surface area contributed by atoms with Crippen LogP contribution < -0.4 is 10.6 Å². The molecule has 0 saturated heterocycles. The van der Waals surface area contributed by atoms with Gasteiger partial charge in [-0.3, -0.25) is 14.9 Å². The number of aromatic nitrogens is 2. The second-order valence-corrected chi connectivity index (χ2v) is 8.35. The van der Waals surface area contributed by atoms with Crippen LogP contribution in [0, 0.1) is 6.92 Å². The van der Waals surface area contributed by atoms with E-state index >= 15 is 0 Å². The lowest BCUT2D eigenvalue weighted by molar-refractivity contribution is -0.115. The minimum Gasteiger partial charge on any atom is -0.325 e. The molecule has 2 rings (SSSR count). The predicted molar refractivity (Wildman–Crippen MR) is 109 cm³/mol. The van der Waals surface area contributed by atoms with Crippen molar-refractivity contribution in [2.24, 2.45) is 0 Å². The van der Waals surface area contributed by atoms with Gasteiger partial charge in [0.05, 0.1) is 11.0 Å². The van der Waals surface area contributed by atoms with Crippen molar-refractivity contribution < 1.29 is 9.59 Å². The third kappa shape index (κ3) is 6.76. The molecule has 2 aromatic rings. The molecule has 1 atom stereocenters. The Morgan fingerprint density at radius 1 is 1.19 bits per heavy atom. The lowest BCUT2D eigenvalue weighted by Gasteiger charge is -2.10. The highest BCUT2D eigenvalue weighted by Crippen LogP contribution is 2.19.